The van der Waals surface area contributed by atoms with Gasteiger partial charge in [-0.1, -0.05) is 0 Å². The molecule has 0 atom stereocenters. The maximum atomic E-state index is 12.2. The molecule has 0 aliphatic heterocycles. The van der Waals surface area contributed by atoms with Crippen LogP contribution in [-0.2, 0) is 6.61 Å². The van der Waals surface area contributed by atoms with Crippen LogP contribution < -0.4 is 10.9 Å². The first-order chi connectivity index (χ1) is 11.2. The van der Waals surface area contributed by atoms with Gasteiger partial charge in [0.15, 0.2) is 0 Å². The molecule has 0 aliphatic rings. The molecule has 0 radical (unpaired) electrons. The minimum Gasteiger partial charge on any atom is -0.392 e. The van der Waals surface area contributed by atoms with Crippen LogP contribution in [0.3, 0.4) is 0 Å². The number of H-pyrrole nitrogens is 1. The average Bonchev–Trinajstić information content (AvgIpc) is 3.23. The van der Waals surface area contributed by atoms with Gasteiger partial charge < -0.3 is 15.4 Å². The van der Waals surface area contributed by atoms with E-state index in [1.165, 1.54) is 0 Å². The monoisotopic (exact) mass is 342 g/mol. The second-order valence-corrected chi connectivity index (χ2v) is 7.08. The number of pyridine rings is 1. The van der Waals surface area contributed by atoms with Crippen LogP contribution in [0.5, 0.6) is 0 Å². The van der Waals surface area contributed by atoms with Gasteiger partial charge in [-0.15, -0.1) is 22.7 Å². The topological polar surface area (TPSA) is 65.1 Å². The van der Waals surface area contributed by atoms with Crippen LogP contribution in [0, 0.1) is 0 Å². The summed E-state index contributed by atoms with van der Waals surface area (Å²) in [5.41, 5.74) is 3.62. The third-order valence-corrected chi connectivity index (χ3v) is 5.93. The van der Waals surface area contributed by atoms with E-state index in [9.17, 15) is 9.90 Å². The minimum absolute atomic E-state index is 0.000500. The van der Waals surface area contributed by atoms with Crippen molar-refractivity contribution in [3.05, 3.63) is 50.9 Å². The van der Waals surface area contributed by atoms with Crippen molar-refractivity contribution in [1.82, 2.24) is 4.98 Å². The predicted molar refractivity (Wildman–Crippen MR) is 98.7 cm³/mol. The van der Waals surface area contributed by atoms with E-state index in [1.807, 2.05) is 36.0 Å². The van der Waals surface area contributed by atoms with E-state index in [0.717, 1.165) is 42.7 Å². The molecule has 4 rings (SSSR count). The Balaban J connectivity index is 2.10. The Hall–Kier alpha value is -2.15. The molecule has 3 aromatic heterocycles. The predicted octanol–water partition coefficient (Wildman–Crippen LogP) is 4.01. The fourth-order valence-electron chi connectivity index (χ4n) is 2.87. The number of fused-ring (bicyclic) bond motifs is 3. The quantitative estimate of drug-likeness (QED) is 0.527. The third kappa shape index (κ3) is 2.18. The SMILES string of the molecule is CNc1cc2c(cc1-c1sccc1CO)[nH]c(=O)c1ccsc12. The minimum atomic E-state index is -0.0644. The zero-order valence-corrected chi connectivity index (χ0v) is 14.0. The molecule has 1 aromatic carbocycles. The van der Waals surface area contributed by atoms with Crippen LogP contribution in [0.2, 0.25) is 0 Å². The molecule has 0 bridgehead atoms. The standard InChI is InChI=1S/C17H14N2O2S2/c1-18-13-6-12-14(19-17(21)10-3-5-23-16(10)12)7-11(13)15-9(8-20)2-4-22-15/h2-7,18,20H,8H2,1H3,(H,19,21). The maximum absolute atomic E-state index is 12.2. The molecule has 0 unspecified atom stereocenters. The second kappa shape index (κ2) is 5.49. The Kier molecular flexibility index (Phi) is 3.45. The van der Waals surface area contributed by atoms with Crippen molar-refractivity contribution in [3.8, 4) is 10.4 Å². The summed E-state index contributed by atoms with van der Waals surface area (Å²) in [5, 5.41) is 18.4. The van der Waals surface area contributed by atoms with Crippen molar-refractivity contribution >= 4 is 49.4 Å². The van der Waals surface area contributed by atoms with E-state index in [0.29, 0.717) is 0 Å². The van der Waals surface area contributed by atoms with Gasteiger partial charge in [-0.25, -0.2) is 0 Å². The average molecular weight is 342 g/mol. The number of nitrogens with one attached hydrogen (secondary N) is 2. The van der Waals surface area contributed by atoms with Crippen molar-refractivity contribution in [1.29, 1.82) is 0 Å². The molecular formula is C17H14N2O2S2. The second-order valence-electron chi connectivity index (χ2n) is 5.24. The highest BCUT2D eigenvalue weighted by molar-refractivity contribution is 7.18. The summed E-state index contributed by atoms with van der Waals surface area (Å²) in [4.78, 5) is 16.2. The highest BCUT2D eigenvalue weighted by Crippen LogP contribution is 2.39. The summed E-state index contributed by atoms with van der Waals surface area (Å²) < 4.78 is 1.00. The van der Waals surface area contributed by atoms with E-state index >= 15 is 0 Å². The highest BCUT2D eigenvalue weighted by atomic mass is 32.1. The van der Waals surface area contributed by atoms with Crippen LogP contribution in [0.25, 0.3) is 31.4 Å². The van der Waals surface area contributed by atoms with Gasteiger partial charge in [-0.2, -0.15) is 0 Å². The summed E-state index contributed by atoms with van der Waals surface area (Å²) in [6.07, 6.45) is 0. The molecule has 3 heterocycles. The summed E-state index contributed by atoms with van der Waals surface area (Å²) in [6, 6.07) is 7.84. The molecule has 0 saturated carbocycles. The van der Waals surface area contributed by atoms with Gasteiger partial charge in [0, 0.05) is 33.3 Å². The van der Waals surface area contributed by atoms with Crippen LogP contribution in [0.15, 0.2) is 39.8 Å². The molecule has 0 spiro atoms. The van der Waals surface area contributed by atoms with Crippen molar-refractivity contribution in [2.75, 3.05) is 12.4 Å². The van der Waals surface area contributed by atoms with E-state index in [4.69, 9.17) is 0 Å². The normalized spacial score (nSPS) is 11.4. The largest absolute Gasteiger partial charge is 0.392 e. The molecule has 0 fully saturated rings. The molecule has 3 N–H and O–H groups in total. The number of aromatic nitrogens is 1. The Bertz CT molecular complexity index is 1080. The summed E-state index contributed by atoms with van der Waals surface area (Å²) >= 11 is 3.16. The van der Waals surface area contributed by atoms with E-state index in [2.05, 4.69) is 16.4 Å². The van der Waals surface area contributed by atoms with E-state index in [-0.39, 0.29) is 12.2 Å². The lowest BCUT2D eigenvalue weighted by atomic mass is 10.0. The first kappa shape index (κ1) is 14.4. The summed E-state index contributed by atoms with van der Waals surface area (Å²) in [7, 11) is 1.88. The van der Waals surface area contributed by atoms with Crippen LogP contribution in [-0.4, -0.2) is 17.1 Å². The maximum Gasteiger partial charge on any atom is 0.257 e. The van der Waals surface area contributed by atoms with Crippen molar-refractivity contribution < 1.29 is 5.11 Å². The molecule has 23 heavy (non-hydrogen) atoms. The molecule has 0 aliphatic carbocycles. The number of hydrogen-bond acceptors (Lipinski definition) is 5. The van der Waals surface area contributed by atoms with Gasteiger partial charge in [0.1, 0.15) is 0 Å². The van der Waals surface area contributed by atoms with Crippen LogP contribution in [0.1, 0.15) is 5.56 Å². The van der Waals surface area contributed by atoms with Crippen molar-refractivity contribution in [3.63, 3.8) is 0 Å². The molecular weight excluding hydrogens is 328 g/mol. The Morgan fingerprint density at radius 2 is 2.00 bits per heavy atom. The lowest BCUT2D eigenvalue weighted by Crippen LogP contribution is -2.05. The molecule has 4 nitrogen and oxygen atoms in total. The van der Waals surface area contributed by atoms with Gasteiger partial charge in [-0.3, -0.25) is 4.79 Å². The fourth-order valence-corrected chi connectivity index (χ4v) is 4.74. The molecule has 0 saturated heterocycles. The summed E-state index contributed by atoms with van der Waals surface area (Å²) in [5.74, 6) is 0. The molecule has 6 heteroatoms. The van der Waals surface area contributed by atoms with Gasteiger partial charge >= 0.3 is 0 Å². The molecule has 0 amide bonds. The number of anilines is 1. The smallest absolute Gasteiger partial charge is 0.257 e. The summed E-state index contributed by atoms with van der Waals surface area (Å²) in [6.45, 7) is 0.000500. The van der Waals surface area contributed by atoms with Gasteiger partial charge in [0.05, 0.1) is 17.5 Å². The number of thiophene rings is 2. The van der Waals surface area contributed by atoms with Gasteiger partial charge in [0.2, 0.25) is 0 Å². The Morgan fingerprint density at radius 3 is 2.78 bits per heavy atom. The van der Waals surface area contributed by atoms with E-state index in [1.54, 1.807) is 22.7 Å². The molecule has 4 aromatic rings. The number of aromatic amines is 1. The van der Waals surface area contributed by atoms with Gasteiger partial charge in [-0.05, 0) is 40.6 Å². The Morgan fingerprint density at radius 1 is 1.17 bits per heavy atom. The Labute approximate surface area is 140 Å². The van der Waals surface area contributed by atoms with Gasteiger partial charge in [0.25, 0.3) is 5.56 Å². The number of hydrogen-bond donors (Lipinski definition) is 3. The fraction of sp³-hybridized carbons (Fsp3) is 0.118. The first-order valence-corrected chi connectivity index (χ1v) is 8.91. The zero-order valence-electron chi connectivity index (χ0n) is 12.3. The zero-order chi connectivity index (χ0) is 16.0. The first-order valence-electron chi connectivity index (χ1n) is 7.15. The van der Waals surface area contributed by atoms with Crippen molar-refractivity contribution in [2.24, 2.45) is 0 Å². The van der Waals surface area contributed by atoms with Crippen LogP contribution in [0.4, 0.5) is 5.69 Å². The van der Waals surface area contributed by atoms with E-state index < -0.39 is 0 Å². The lowest BCUT2D eigenvalue weighted by molar-refractivity contribution is 0.283. The van der Waals surface area contributed by atoms with Crippen LogP contribution >= 0.6 is 22.7 Å². The number of aliphatic hydroxyl groups is 1. The number of benzene rings is 1. The molecule has 116 valence electrons. The lowest BCUT2D eigenvalue weighted by Gasteiger charge is -2.12. The number of aliphatic hydroxyl groups excluding tert-OH is 1. The third-order valence-electron chi connectivity index (χ3n) is 3.99. The highest BCUT2D eigenvalue weighted by Gasteiger charge is 2.14. The van der Waals surface area contributed by atoms with Crippen molar-refractivity contribution in [2.45, 2.75) is 6.61 Å². The number of rotatable bonds is 3.